The zero-order valence-corrected chi connectivity index (χ0v) is 31.9. The van der Waals surface area contributed by atoms with Gasteiger partial charge in [0.2, 0.25) is 5.91 Å². The minimum absolute atomic E-state index is 0.108. The molecule has 1 atom stereocenters. The van der Waals surface area contributed by atoms with Gasteiger partial charge >= 0.3 is 0 Å². The largest absolute Gasteiger partial charge is 0.321 e. The molecule has 0 spiro atoms. The third-order valence-electron chi connectivity index (χ3n) is 8.93. The predicted octanol–water partition coefficient (Wildman–Crippen LogP) is 11.0. The van der Waals surface area contributed by atoms with E-state index in [1.54, 1.807) is 42.5 Å². The van der Waals surface area contributed by atoms with Crippen LogP contribution in [0.3, 0.4) is 0 Å². The molecule has 3 amide bonds. The van der Waals surface area contributed by atoms with Crippen molar-refractivity contribution >= 4 is 68.5 Å². The Morgan fingerprint density at radius 2 is 1.36 bits per heavy atom. The van der Waals surface area contributed by atoms with Crippen molar-refractivity contribution in [3.63, 3.8) is 0 Å². The average molecular weight is 759 g/mol. The first kappa shape index (κ1) is 37.0. The molecule has 9 heteroatoms. The molecule has 0 saturated heterocycles. The number of nitrogens with zero attached hydrogens (tertiary/aromatic N) is 1. The van der Waals surface area contributed by atoms with Crippen molar-refractivity contribution in [1.82, 2.24) is 10.3 Å². The number of benzene rings is 6. The maximum Gasteiger partial charge on any atom is 0.272 e. The quantitative estimate of drug-likeness (QED) is 0.0851. The van der Waals surface area contributed by atoms with Gasteiger partial charge in [-0.1, -0.05) is 123 Å². The molecule has 0 aliphatic heterocycles. The summed E-state index contributed by atoms with van der Waals surface area (Å²) in [5.41, 5.74) is 5.67. The minimum Gasteiger partial charge on any atom is -0.321 e. The summed E-state index contributed by atoms with van der Waals surface area (Å²) in [6.45, 7) is 4.24. The molecule has 3 N–H and O–H groups in total. The van der Waals surface area contributed by atoms with E-state index >= 15 is 0 Å². The number of hydrogen-bond donors (Lipinski definition) is 3. The molecule has 0 fully saturated rings. The first-order valence-electron chi connectivity index (χ1n) is 17.9. The zero-order chi connectivity index (χ0) is 38.1. The molecule has 0 saturated carbocycles. The van der Waals surface area contributed by atoms with Crippen molar-refractivity contribution in [2.24, 2.45) is 0 Å². The molecular weight excluding hydrogens is 721 g/mol. The van der Waals surface area contributed by atoms with E-state index in [-0.39, 0.29) is 17.5 Å². The van der Waals surface area contributed by atoms with Crippen LogP contribution in [0.4, 0.5) is 10.8 Å². The van der Waals surface area contributed by atoms with Gasteiger partial charge in [0.1, 0.15) is 10.9 Å². The number of fused-ring (bicyclic) bond motifs is 1. The van der Waals surface area contributed by atoms with Crippen LogP contribution < -0.4 is 16.0 Å². The molecule has 1 unspecified atom stereocenters. The third kappa shape index (κ3) is 9.45. The molecule has 1 heterocycles. The van der Waals surface area contributed by atoms with Gasteiger partial charge < -0.3 is 16.0 Å². The lowest BCUT2D eigenvalue weighted by atomic mass is 10.0. The molecule has 0 radical (unpaired) electrons. The maximum atomic E-state index is 13.9. The van der Waals surface area contributed by atoms with Crippen molar-refractivity contribution in [1.29, 1.82) is 0 Å². The topological polar surface area (TPSA) is 100 Å². The Hall–Kier alpha value is -6.29. The van der Waals surface area contributed by atoms with Crippen LogP contribution in [-0.2, 0) is 9.59 Å². The van der Waals surface area contributed by atoms with E-state index in [2.05, 4.69) is 54.1 Å². The van der Waals surface area contributed by atoms with Gasteiger partial charge in [-0.25, -0.2) is 4.98 Å². The minimum atomic E-state index is -0.570. The summed E-state index contributed by atoms with van der Waals surface area (Å²) in [7, 11) is 0. The van der Waals surface area contributed by atoms with Crippen molar-refractivity contribution in [2.75, 3.05) is 10.6 Å². The zero-order valence-electron chi connectivity index (χ0n) is 30.2. The fourth-order valence-corrected chi connectivity index (χ4v) is 7.67. The Labute approximate surface area is 328 Å². The summed E-state index contributed by atoms with van der Waals surface area (Å²) in [5, 5.41) is 13.0. The number of anilines is 2. The van der Waals surface area contributed by atoms with Gasteiger partial charge in [0.25, 0.3) is 11.8 Å². The number of thioether (sulfide) groups is 1. The molecule has 1 aromatic heterocycles. The van der Waals surface area contributed by atoms with E-state index in [1.807, 2.05) is 96.4 Å². The van der Waals surface area contributed by atoms with Gasteiger partial charge in [0, 0.05) is 27.1 Å². The molecule has 7 rings (SSSR count). The van der Waals surface area contributed by atoms with E-state index < -0.39 is 11.2 Å². The summed E-state index contributed by atoms with van der Waals surface area (Å²) < 4.78 is 0. The molecule has 0 aliphatic rings. The smallest absolute Gasteiger partial charge is 0.272 e. The van der Waals surface area contributed by atoms with Crippen molar-refractivity contribution < 1.29 is 14.4 Å². The average Bonchev–Trinajstić information content (AvgIpc) is 3.69. The lowest BCUT2D eigenvalue weighted by Gasteiger charge is -2.17. The number of rotatable bonds is 12. The third-order valence-corrected chi connectivity index (χ3v) is 11.0. The fraction of sp³-hybridized carbons (Fsp3) is 0.0870. The van der Waals surface area contributed by atoms with Crippen molar-refractivity contribution in [3.8, 4) is 11.3 Å². The molecule has 0 aliphatic carbocycles. The van der Waals surface area contributed by atoms with Crippen molar-refractivity contribution in [2.45, 2.75) is 29.9 Å². The van der Waals surface area contributed by atoms with Crippen molar-refractivity contribution in [3.05, 3.63) is 185 Å². The number of carbonyl (C=O) groups excluding carboxylic acids is 3. The Morgan fingerprint density at radius 3 is 2.07 bits per heavy atom. The van der Waals surface area contributed by atoms with E-state index in [4.69, 9.17) is 4.98 Å². The normalized spacial score (nSPS) is 11.9. The Balaban J connectivity index is 1.06. The Morgan fingerprint density at radius 1 is 0.691 bits per heavy atom. The number of carbonyl (C=O) groups is 3. The molecule has 7 nitrogen and oxygen atoms in total. The van der Waals surface area contributed by atoms with Crippen LogP contribution in [0, 0.1) is 0 Å². The Bertz CT molecular complexity index is 2460. The standard InChI is InChI=1S/C46H38N4O3S2/c1-30(2)32-19-17-31(18-20-32)27-40(48-43(51)35-14-7-4-8-15-35)44(52)47-38-23-25-39(26-24-38)55-42(34-12-5-3-6-13-34)45(53)50-46-49-41(29-54-46)37-22-21-33-11-9-10-16-36(33)28-37/h3-30,42H,1-2H3,(H,47,52)(H,48,51)(H,49,50,53)/b40-27-. The maximum absolute atomic E-state index is 13.9. The highest BCUT2D eigenvalue weighted by Crippen LogP contribution is 2.37. The lowest BCUT2D eigenvalue weighted by molar-refractivity contribution is -0.116. The second-order valence-corrected chi connectivity index (χ2v) is 15.2. The number of aromatic nitrogens is 1. The lowest BCUT2D eigenvalue weighted by Crippen LogP contribution is -2.30. The van der Waals surface area contributed by atoms with E-state index in [0.717, 1.165) is 38.1 Å². The molecule has 7 aromatic rings. The van der Waals surface area contributed by atoms with Crippen LogP contribution in [0.15, 0.2) is 168 Å². The van der Waals surface area contributed by atoms with Crippen LogP contribution in [0.1, 0.15) is 52.1 Å². The SMILES string of the molecule is CC(C)c1ccc(/C=C(\NC(=O)c2ccccc2)C(=O)Nc2ccc(SC(C(=O)Nc3nc(-c4ccc5ccccc5c4)cs3)c3ccccc3)cc2)cc1. The molecular formula is C46H38N4O3S2. The first-order chi connectivity index (χ1) is 26.8. The molecule has 55 heavy (non-hydrogen) atoms. The highest BCUT2D eigenvalue weighted by atomic mass is 32.2. The predicted molar refractivity (Wildman–Crippen MR) is 226 cm³/mol. The van der Waals surface area contributed by atoms with Gasteiger partial charge in [0.15, 0.2) is 5.13 Å². The second-order valence-electron chi connectivity index (χ2n) is 13.2. The van der Waals surface area contributed by atoms with Crippen LogP contribution in [-0.4, -0.2) is 22.7 Å². The summed E-state index contributed by atoms with van der Waals surface area (Å²) >= 11 is 2.79. The fourth-order valence-electron chi connectivity index (χ4n) is 5.92. The number of nitrogens with one attached hydrogen (secondary N) is 3. The van der Waals surface area contributed by atoms with Crippen LogP contribution in [0.2, 0.25) is 0 Å². The number of hydrogen-bond acceptors (Lipinski definition) is 6. The van der Waals surface area contributed by atoms with E-state index in [0.29, 0.717) is 22.3 Å². The summed E-state index contributed by atoms with van der Waals surface area (Å²) in [4.78, 5) is 46.2. The Kier molecular flexibility index (Phi) is 11.6. The van der Waals surface area contributed by atoms with Gasteiger partial charge in [0.05, 0.1) is 5.69 Å². The highest BCUT2D eigenvalue weighted by Gasteiger charge is 2.24. The molecule has 6 aromatic carbocycles. The number of thiazole rings is 1. The summed E-state index contributed by atoms with van der Waals surface area (Å²) in [6.07, 6.45) is 1.67. The number of amides is 3. The summed E-state index contributed by atoms with van der Waals surface area (Å²) in [5.74, 6) is -0.686. The van der Waals surface area contributed by atoms with Crippen LogP contribution in [0.25, 0.3) is 28.1 Å². The monoisotopic (exact) mass is 758 g/mol. The van der Waals surface area contributed by atoms with Gasteiger partial charge in [-0.15, -0.1) is 23.1 Å². The van der Waals surface area contributed by atoms with Gasteiger partial charge in [-0.3, -0.25) is 14.4 Å². The van der Waals surface area contributed by atoms with Crippen LogP contribution >= 0.6 is 23.1 Å². The first-order valence-corrected chi connectivity index (χ1v) is 19.6. The second kappa shape index (κ2) is 17.2. The highest BCUT2D eigenvalue weighted by molar-refractivity contribution is 8.00. The molecule has 272 valence electrons. The van der Waals surface area contributed by atoms with Gasteiger partial charge in [-0.2, -0.15) is 0 Å². The van der Waals surface area contributed by atoms with E-state index in [9.17, 15) is 14.4 Å². The summed E-state index contributed by atoms with van der Waals surface area (Å²) in [6, 6.07) is 48.0. The van der Waals surface area contributed by atoms with E-state index in [1.165, 1.54) is 28.7 Å². The van der Waals surface area contributed by atoms with Crippen LogP contribution in [0.5, 0.6) is 0 Å². The van der Waals surface area contributed by atoms with Gasteiger partial charge in [-0.05, 0) is 81.9 Å². The molecule has 0 bridgehead atoms.